The first kappa shape index (κ1) is 20.6. The molecule has 0 atom stereocenters. The second-order valence-corrected chi connectivity index (χ2v) is 6.91. The molecule has 2 aromatic rings. The van der Waals surface area contributed by atoms with E-state index in [1.807, 2.05) is 48.2 Å². The second-order valence-electron chi connectivity index (χ2n) is 6.91. The molecule has 0 bridgehead atoms. The molecule has 0 radical (unpaired) electrons. The normalized spacial score (nSPS) is 13.9. The molecule has 2 heterocycles. The molecule has 29 heavy (non-hydrogen) atoms. The van der Waals surface area contributed by atoms with E-state index in [4.69, 9.17) is 4.74 Å². The molecule has 0 aliphatic carbocycles. The Morgan fingerprint density at radius 3 is 2.45 bits per heavy atom. The average Bonchev–Trinajstić information content (AvgIpc) is 2.78. The van der Waals surface area contributed by atoms with Crippen LogP contribution in [0, 0.1) is 0 Å². The number of hydrogen-bond acceptors (Lipinski definition) is 5. The van der Waals surface area contributed by atoms with Crippen LogP contribution in [-0.4, -0.2) is 66.1 Å². The fourth-order valence-electron chi connectivity index (χ4n) is 3.39. The summed E-state index contributed by atoms with van der Waals surface area (Å²) in [6.45, 7) is 7.89. The molecule has 1 aromatic carbocycles. The minimum absolute atomic E-state index is 0.0316. The molecule has 7 heteroatoms. The van der Waals surface area contributed by atoms with Crippen LogP contribution >= 0.6 is 0 Å². The summed E-state index contributed by atoms with van der Waals surface area (Å²) in [7, 11) is 0. The van der Waals surface area contributed by atoms with Gasteiger partial charge in [-0.15, -0.1) is 0 Å². The highest BCUT2D eigenvalue weighted by atomic mass is 16.6. The predicted molar refractivity (Wildman–Crippen MR) is 112 cm³/mol. The summed E-state index contributed by atoms with van der Waals surface area (Å²) in [5.41, 5.74) is 2.57. The molecular weight excluding hydrogens is 368 g/mol. The summed E-state index contributed by atoms with van der Waals surface area (Å²) in [5, 5.41) is 0. The smallest absolute Gasteiger partial charge is 0.409 e. The van der Waals surface area contributed by atoms with Gasteiger partial charge in [-0.2, -0.15) is 0 Å². The third-order valence-corrected chi connectivity index (χ3v) is 5.03. The molecule has 1 aromatic heterocycles. The van der Waals surface area contributed by atoms with Crippen molar-refractivity contribution >= 4 is 17.7 Å². The van der Waals surface area contributed by atoms with Crippen LogP contribution < -0.4 is 4.90 Å². The maximum atomic E-state index is 13.0. The van der Waals surface area contributed by atoms with Gasteiger partial charge in [0.1, 0.15) is 0 Å². The Morgan fingerprint density at radius 2 is 1.79 bits per heavy atom. The maximum Gasteiger partial charge on any atom is 0.409 e. The van der Waals surface area contributed by atoms with Crippen LogP contribution in [0.5, 0.6) is 0 Å². The number of hydrogen-bond donors (Lipinski definition) is 0. The first-order valence-electron chi connectivity index (χ1n) is 10.1. The number of nitrogens with zero attached hydrogens (tertiary/aromatic N) is 4. The quantitative estimate of drug-likeness (QED) is 0.751. The maximum absolute atomic E-state index is 13.0. The second kappa shape index (κ2) is 9.91. The van der Waals surface area contributed by atoms with Crippen molar-refractivity contribution in [2.24, 2.45) is 0 Å². The Bertz CT molecular complexity index is 820. The summed E-state index contributed by atoms with van der Waals surface area (Å²) in [6, 6.07) is 11.9. The zero-order valence-electron chi connectivity index (χ0n) is 17.1. The fraction of sp³-hybridized carbons (Fsp3) is 0.409. The van der Waals surface area contributed by atoms with Gasteiger partial charge in [-0.05, 0) is 25.5 Å². The molecule has 0 unspecified atom stereocenters. The number of benzene rings is 1. The molecule has 1 saturated heterocycles. The van der Waals surface area contributed by atoms with Gasteiger partial charge in [0.2, 0.25) is 0 Å². The van der Waals surface area contributed by atoms with Crippen LogP contribution in [0.4, 0.5) is 10.5 Å². The number of carbonyl (C=O) groups is 2. The molecule has 1 fully saturated rings. The molecule has 2 amide bonds. The summed E-state index contributed by atoms with van der Waals surface area (Å²) in [4.78, 5) is 34.9. The van der Waals surface area contributed by atoms with Crippen molar-refractivity contribution in [3.63, 3.8) is 0 Å². The molecule has 1 aliphatic heterocycles. The van der Waals surface area contributed by atoms with Gasteiger partial charge >= 0.3 is 6.09 Å². The largest absolute Gasteiger partial charge is 0.450 e. The van der Waals surface area contributed by atoms with E-state index >= 15 is 0 Å². The van der Waals surface area contributed by atoms with E-state index < -0.39 is 0 Å². The molecule has 154 valence electrons. The van der Waals surface area contributed by atoms with Crippen LogP contribution in [0.1, 0.15) is 29.8 Å². The number of ether oxygens (including phenoxy) is 1. The Hall–Kier alpha value is -3.09. The van der Waals surface area contributed by atoms with Crippen LogP contribution in [0.2, 0.25) is 0 Å². The van der Waals surface area contributed by atoms with E-state index in [2.05, 4.69) is 9.88 Å². The lowest BCUT2D eigenvalue weighted by Crippen LogP contribution is -2.49. The Labute approximate surface area is 171 Å². The lowest BCUT2D eigenvalue weighted by atomic mass is 10.1. The van der Waals surface area contributed by atoms with Crippen molar-refractivity contribution in [1.29, 1.82) is 0 Å². The summed E-state index contributed by atoms with van der Waals surface area (Å²) < 4.78 is 5.07. The van der Waals surface area contributed by atoms with Crippen molar-refractivity contribution < 1.29 is 14.3 Å². The van der Waals surface area contributed by atoms with Gasteiger partial charge in [0.15, 0.2) is 0 Å². The van der Waals surface area contributed by atoms with Crippen molar-refractivity contribution in [2.45, 2.75) is 20.4 Å². The Balaban J connectivity index is 1.66. The monoisotopic (exact) mass is 396 g/mol. The minimum atomic E-state index is -0.270. The molecule has 0 saturated carbocycles. The van der Waals surface area contributed by atoms with Gasteiger partial charge < -0.3 is 19.4 Å². The number of carbonyl (C=O) groups excluding carboxylic acids is 2. The van der Waals surface area contributed by atoms with E-state index in [0.29, 0.717) is 51.4 Å². The van der Waals surface area contributed by atoms with Gasteiger partial charge in [0.25, 0.3) is 5.91 Å². The van der Waals surface area contributed by atoms with Crippen molar-refractivity contribution in [2.75, 3.05) is 44.2 Å². The molecule has 0 N–H and O–H groups in total. The van der Waals surface area contributed by atoms with E-state index in [1.165, 1.54) is 0 Å². The molecule has 0 spiro atoms. The van der Waals surface area contributed by atoms with Crippen LogP contribution in [0.25, 0.3) is 0 Å². The minimum Gasteiger partial charge on any atom is -0.450 e. The molecular formula is C22H28N4O3. The van der Waals surface area contributed by atoms with Crippen LogP contribution in [-0.2, 0) is 11.3 Å². The Morgan fingerprint density at radius 1 is 1.07 bits per heavy atom. The first-order chi connectivity index (χ1) is 14.1. The zero-order chi connectivity index (χ0) is 20.6. The lowest BCUT2D eigenvalue weighted by molar-refractivity contribution is 0.0752. The van der Waals surface area contributed by atoms with Crippen molar-refractivity contribution in [3.05, 3.63) is 59.9 Å². The standard InChI is InChI=1S/C22H28N4O3/c1-3-24(17-18-8-6-5-7-9-18)21(27)19-14-20(16-23-15-19)25-10-12-26(13-11-25)22(28)29-4-2/h5-9,14-16H,3-4,10-13,17H2,1-2H3. The van der Waals surface area contributed by atoms with Gasteiger partial charge in [-0.3, -0.25) is 9.78 Å². The first-order valence-corrected chi connectivity index (χ1v) is 10.1. The number of piperazine rings is 1. The SMILES string of the molecule is CCOC(=O)N1CCN(c2cncc(C(=O)N(CC)Cc3ccccc3)c2)CC1. The van der Waals surface area contributed by atoms with E-state index in [-0.39, 0.29) is 12.0 Å². The molecule has 3 rings (SSSR count). The van der Waals surface area contributed by atoms with Gasteiger partial charge in [-0.1, -0.05) is 30.3 Å². The number of aromatic nitrogens is 1. The number of pyridine rings is 1. The highest BCUT2D eigenvalue weighted by Gasteiger charge is 2.23. The third-order valence-electron chi connectivity index (χ3n) is 5.03. The molecule has 1 aliphatic rings. The number of rotatable bonds is 6. The molecule has 7 nitrogen and oxygen atoms in total. The van der Waals surface area contributed by atoms with E-state index in [0.717, 1.165) is 11.3 Å². The topological polar surface area (TPSA) is 66.0 Å². The number of amides is 2. The zero-order valence-corrected chi connectivity index (χ0v) is 17.1. The lowest BCUT2D eigenvalue weighted by Gasteiger charge is -2.35. The van der Waals surface area contributed by atoms with Gasteiger partial charge in [-0.25, -0.2) is 4.79 Å². The Kier molecular flexibility index (Phi) is 7.05. The van der Waals surface area contributed by atoms with Crippen molar-refractivity contribution in [3.8, 4) is 0 Å². The average molecular weight is 396 g/mol. The van der Waals surface area contributed by atoms with E-state index in [9.17, 15) is 9.59 Å². The van der Waals surface area contributed by atoms with Crippen LogP contribution in [0.3, 0.4) is 0 Å². The fourth-order valence-corrected chi connectivity index (χ4v) is 3.39. The highest BCUT2D eigenvalue weighted by Crippen LogP contribution is 2.19. The summed E-state index contributed by atoms with van der Waals surface area (Å²) in [5.74, 6) is -0.0316. The van der Waals surface area contributed by atoms with E-state index in [1.54, 1.807) is 24.2 Å². The van der Waals surface area contributed by atoms with Crippen molar-refractivity contribution in [1.82, 2.24) is 14.8 Å². The summed E-state index contributed by atoms with van der Waals surface area (Å²) in [6.07, 6.45) is 3.12. The number of anilines is 1. The predicted octanol–water partition coefficient (Wildman–Crippen LogP) is 3.02. The summed E-state index contributed by atoms with van der Waals surface area (Å²) >= 11 is 0. The van der Waals surface area contributed by atoms with Gasteiger partial charge in [0, 0.05) is 45.5 Å². The van der Waals surface area contributed by atoms with Crippen LogP contribution in [0.15, 0.2) is 48.8 Å². The van der Waals surface area contributed by atoms with Gasteiger partial charge in [0.05, 0.1) is 24.1 Å². The third kappa shape index (κ3) is 5.25. The highest BCUT2D eigenvalue weighted by molar-refractivity contribution is 5.94.